The third-order valence-electron chi connectivity index (χ3n) is 2.74. The molecule has 0 amide bonds. The number of hydrogen-bond donors (Lipinski definition) is 0. The van der Waals surface area contributed by atoms with Crippen LogP contribution in [0.25, 0.3) is 6.08 Å². The first-order chi connectivity index (χ1) is 8.74. The minimum atomic E-state index is 0.133. The van der Waals surface area contributed by atoms with Crippen molar-refractivity contribution in [2.75, 3.05) is 0 Å². The smallest absolute Gasteiger partial charge is 0.200 e. The highest BCUT2D eigenvalue weighted by molar-refractivity contribution is 14.1. The summed E-state index contributed by atoms with van der Waals surface area (Å²) in [6, 6.07) is 15.9. The van der Waals surface area contributed by atoms with Crippen LogP contribution >= 0.6 is 34.4 Å². The number of hydrogen-bond acceptors (Lipinski definition) is 2. The van der Waals surface area contributed by atoms with E-state index in [1.54, 1.807) is 11.8 Å². The Balaban J connectivity index is 1.97. The molecule has 88 valence electrons. The average Bonchev–Trinajstić information content (AvgIpc) is 2.70. The van der Waals surface area contributed by atoms with Gasteiger partial charge in [-0.25, -0.2) is 0 Å². The first-order valence-electron chi connectivity index (χ1n) is 5.53. The van der Waals surface area contributed by atoms with E-state index in [0.717, 1.165) is 20.9 Å². The molecule has 1 aliphatic rings. The van der Waals surface area contributed by atoms with Gasteiger partial charge in [0.2, 0.25) is 5.78 Å². The zero-order valence-electron chi connectivity index (χ0n) is 9.39. The maximum Gasteiger partial charge on any atom is 0.200 e. The number of carbonyl (C=O) groups is 1. The Labute approximate surface area is 123 Å². The summed E-state index contributed by atoms with van der Waals surface area (Å²) in [5, 5.41) is 0. The molecule has 0 atom stereocenters. The molecule has 0 saturated heterocycles. The number of halogens is 1. The van der Waals surface area contributed by atoms with E-state index in [9.17, 15) is 4.79 Å². The van der Waals surface area contributed by atoms with E-state index in [1.807, 2.05) is 54.6 Å². The van der Waals surface area contributed by atoms with Gasteiger partial charge < -0.3 is 0 Å². The van der Waals surface area contributed by atoms with Crippen molar-refractivity contribution >= 4 is 46.2 Å². The van der Waals surface area contributed by atoms with Gasteiger partial charge in [-0.2, -0.15) is 0 Å². The summed E-state index contributed by atoms with van der Waals surface area (Å²) in [6.45, 7) is 0. The maximum absolute atomic E-state index is 12.2. The number of benzene rings is 2. The van der Waals surface area contributed by atoms with E-state index < -0.39 is 0 Å². The third-order valence-corrected chi connectivity index (χ3v) is 4.56. The summed E-state index contributed by atoms with van der Waals surface area (Å²) >= 11 is 3.83. The predicted molar refractivity (Wildman–Crippen MR) is 83.8 cm³/mol. The highest BCUT2D eigenvalue weighted by Gasteiger charge is 2.24. The van der Waals surface area contributed by atoms with Gasteiger partial charge in [0, 0.05) is 14.0 Å². The standard InChI is InChI=1S/C15H9IOS/c16-11-7-5-10(6-8-11)9-14-15(17)12-3-1-2-4-13(12)18-14/h1-9H/b14-9+. The van der Waals surface area contributed by atoms with Crippen molar-refractivity contribution in [3.8, 4) is 0 Å². The Morgan fingerprint density at radius 1 is 1.00 bits per heavy atom. The van der Waals surface area contributed by atoms with E-state index in [2.05, 4.69) is 22.6 Å². The zero-order chi connectivity index (χ0) is 12.5. The Bertz CT molecular complexity index is 644. The lowest BCUT2D eigenvalue weighted by Gasteiger charge is -1.96. The quantitative estimate of drug-likeness (QED) is 0.543. The second kappa shape index (κ2) is 4.90. The second-order valence-electron chi connectivity index (χ2n) is 3.99. The van der Waals surface area contributed by atoms with Gasteiger partial charge in [0.1, 0.15) is 0 Å². The molecule has 18 heavy (non-hydrogen) atoms. The van der Waals surface area contributed by atoms with Crippen LogP contribution in [0, 0.1) is 3.57 Å². The van der Waals surface area contributed by atoms with E-state index in [-0.39, 0.29) is 5.78 Å². The van der Waals surface area contributed by atoms with Gasteiger partial charge in [0.05, 0.1) is 4.91 Å². The minimum absolute atomic E-state index is 0.133. The van der Waals surface area contributed by atoms with Crippen LogP contribution < -0.4 is 0 Å². The largest absolute Gasteiger partial charge is 0.288 e. The van der Waals surface area contributed by atoms with Crippen molar-refractivity contribution in [3.05, 3.63) is 68.1 Å². The average molecular weight is 364 g/mol. The molecule has 2 aromatic carbocycles. The van der Waals surface area contributed by atoms with E-state index in [1.165, 1.54) is 3.57 Å². The van der Waals surface area contributed by atoms with Gasteiger partial charge in [-0.05, 0) is 58.5 Å². The first-order valence-corrected chi connectivity index (χ1v) is 7.42. The molecule has 1 nitrogen and oxygen atoms in total. The fourth-order valence-electron chi connectivity index (χ4n) is 1.85. The molecule has 3 heteroatoms. The molecule has 1 heterocycles. The van der Waals surface area contributed by atoms with Gasteiger partial charge in [0.15, 0.2) is 0 Å². The van der Waals surface area contributed by atoms with Gasteiger partial charge in [-0.1, -0.05) is 36.0 Å². The van der Waals surface area contributed by atoms with Crippen molar-refractivity contribution in [1.29, 1.82) is 0 Å². The lowest BCUT2D eigenvalue weighted by Crippen LogP contribution is -1.93. The minimum Gasteiger partial charge on any atom is -0.288 e. The van der Waals surface area contributed by atoms with Crippen molar-refractivity contribution in [2.45, 2.75) is 4.90 Å². The molecule has 0 radical (unpaired) electrons. The molecular weight excluding hydrogens is 355 g/mol. The van der Waals surface area contributed by atoms with Crippen LogP contribution in [0.1, 0.15) is 15.9 Å². The summed E-state index contributed by atoms with van der Waals surface area (Å²) in [6.07, 6.45) is 1.96. The second-order valence-corrected chi connectivity index (χ2v) is 6.32. The van der Waals surface area contributed by atoms with E-state index in [0.29, 0.717) is 0 Å². The molecule has 0 bridgehead atoms. The summed E-state index contributed by atoms with van der Waals surface area (Å²) in [7, 11) is 0. The topological polar surface area (TPSA) is 17.1 Å². The monoisotopic (exact) mass is 364 g/mol. The third kappa shape index (κ3) is 2.24. The normalized spacial score (nSPS) is 16.1. The lowest BCUT2D eigenvalue weighted by atomic mass is 10.1. The SMILES string of the molecule is O=C1/C(=C\c2ccc(I)cc2)Sc2ccccc21. The molecule has 2 aromatic rings. The van der Waals surface area contributed by atoms with Crippen LogP contribution in [-0.2, 0) is 0 Å². The molecule has 0 N–H and O–H groups in total. The fraction of sp³-hybridized carbons (Fsp3) is 0. The number of ketones is 1. The molecule has 0 aromatic heterocycles. The van der Waals surface area contributed by atoms with Gasteiger partial charge in [0.25, 0.3) is 0 Å². The Kier molecular flexibility index (Phi) is 3.26. The Morgan fingerprint density at radius 2 is 1.72 bits per heavy atom. The van der Waals surface area contributed by atoms with Gasteiger partial charge in [-0.15, -0.1) is 0 Å². The zero-order valence-corrected chi connectivity index (χ0v) is 12.4. The number of carbonyl (C=O) groups excluding carboxylic acids is 1. The van der Waals surface area contributed by atoms with Crippen molar-refractivity contribution < 1.29 is 4.79 Å². The molecule has 0 aliphatic carbocycles. The maximum atomic E-state index is 12.2. The summed E-state index contributed by atoms with van der Waals surface area (Å²) in [5.74, 6) is 0.133. The highest BCUT2D eigenvalue weighted by Crippen LogP contribution is 2.40. The van der Waals surface area contributed by atoms with Crippen LogP contribution in [-0.4, -0.2) is 5.78 Å². The van der Waals surface area contributed by atoms with Gasteiger partial charge >= 0.3 is 0 Å². The summed E-state index contributed by atoms with van der Waals surface area (Å²) in [5.41, 5.74) is 1.89. The van der Waals surface area contributed by atoms with Crippen molar-refractivity contribution in [3.63, 3.8) is 0 Å². The highest BCUT2D eigenvalue weighted by atomic mass is 127. The summed E-state index contributed by atoms with van der Waals surface area (Å²) in [4.78, 5) is 14.0. The number of fused-ring (bicyclic) bond motifs is 1. The Hall–Kier alpha value is -1.07. The number of allylic oxidation sites excluding steroid dienone is 1. The van der Waals surface area contributed by atoms with E-state index in [4.69, 9.17) is 0 Å². The predicted octanol–water partition coefficient (Wildman–Crippen LogP) is 4.62. The lowest BCUT2D eigenvalue weighted by molar-refractivity contribution is 0.104. The van der Waals surface area contributed by atoms with Crippen LogP contribution in [0.15, 0.2) is 58.3 Å². The van der Waals surface area contributed by atoms with E-state index >= 15 is 0 Å². The first kappa shape index (κ1) is 12.0. The molecular formula is C15H9IOS. The molecule has 0 spiro atoms. The van der Waals surface area contributed by atoms with Crippen molar-refractivity contribution in [2.24, 2.45) is 0 Å². The molecule has 0 unspecified atom stereocenters. The summed E-state index contributed by atoms with van der Waals surface area (Å²) < 4.78 is 1.20. The van der Waals surface area contributed by atoms with Crippen molar-refractivity contribution in [1.82, 2.24) is 0 Å². The fourth-order valence-corrected chi connectivity index (χ4v) is 3.26. The number of rotatable bonds is 1. The number of Topliss-reactive ketones (excluding diaryl/α,β-unsaturated/α-hetero) is 1. The molecule has 0 saturated carbocycles. The van der Waals surface area contributed by atoms with Crippen LogP contribution in [0.3, 0.4) is 0 Å². The Morgan fingerprint density at radius 3 is 2.44 bits per heavy atom. The molecule has 0 fully saturated rings. The van der Waals surface area contributed by atoms with Crippen LogP contribution in [0.2, 0.25) is 0 Å². The van der Waals surface area contributed by atoms with Crippen LogP contribution in [0.4, 0.5) is 0 Å². The van der Waals surface area contributed by atoms with Gasteiger partial charge in [-0.3, -0.25) is 4.79 Å². The number of thioether (sulfide) groups is 1. The molecule has 1 aliphatic heterocycles. The van der Waals surface area contributed by atoms with Crippen LogP contribution in [0.5, 0.6) is 0 Å². The molecule has 3 rings (SSSR count).